The van der Waals surface area contributed by atoms with Crippen molar-refractivity contribution < 1.29 is 35.4 Å². The van der Waals surface area contributed by atoms with E-state index in [1.807, 2.05) is 31.2 Å². The number of carboxylic acid groups (broad SMARTS) is 1. The number of phenolic OH excluding ortho intramolecular Hbond substituents is 1. The number of aliphatic carboxylic acids is 1. The van der Waals surface area contributed by atoms with Crippen molar-refractivity contribution in [2.24, 2.45) is 11.3 Å². The molecule has 1 fully saturated rings. The van der Waals surface area contributed by atoms with Gasteiger partial charge in [-0.05, 0) is 122 Å². The van der Waals surface area contributed by atoms with Crippen LogP contribution in [0.4, 0.5) is 0 Å². The molecule has 0 heterocycles. The number of fused-ring (bicyclic) bond motifs is 1. The largest absolute Gasteiger partial charge is 0.508 e. The summed E-state index contributed by atoms with van der Waals surface area (Å²) in [6.45, 7) is 3.85. The first-order valence-electron chi connectivity index (χ1n) is 20.3. The summed E-state index contributed by atoms with van der Waals surface area (Å²) in [7, 11) is 0. The van der Waals surface area contributed by atoms with E-state index in [-0.39, 0.29) is 49.1 Å². The first-order valence-corrected chi connectivity index (χ1v) is 20.3. The van der Waals surface area contributed by atoms with E-state index in [1.165, 1.54) is 11.1 Å². The minimum Gasteiger partial charge on any atom is -0.508 e. The van der Waals surface area contributed by atoms with Crippen LogP contribution in [0.5, 0.6) is 5.75 Å². The highest BCUT2D eigenvalue weighted by Crippen LogP contribution is 2.46. The molecule has 0 spiro atoms. The maximum Gasteiger partial charge on any atom is 0.303 e. The average Bonchev–Trinajstić information content (AvgIpc) is 3.58. The summed E-state index contributed by atoms with van der Waals surface area (Å²) in [6, 6.07) is 15.2. The zero-order valence-corrected chi connectivity index (χ0v) is 32.3. The third-order valence-electron chi connectivity index (χ3n) is 11.8. The Labute approximate surface area is 318 Å². The second kappa shape index (κ2) is 21.2. The molecular weight excluding hydrogens is 666 g/mol. The fraction of sp³-hybridized carbons (Fsp3) is 0.622. The van der Waals surface area contributed by atoms with Gasteiger partial charge in [0.25, 0.3) is 0 Å². The molecule has 0 unspecified atom stereocenters. The molecule has 0 bridgehead atoms. The summed E-state index contributed by atoms with van der Waals surface area (Å²) in [5.74, 6) is -0.463. The predicted molar refractivity (Wildman–Crippen MR) is 212 cm³/mol. The van der Waals surface area contributed by atoms with Gasteiger partial charge in [0.05, 0.1) is 30.8 Å². The quantitative estimate of drug-likeness (QED) is 0.0689. The molecule has 294 valence electrons. The van der Waals surface area contributed by atoms with E-state index < -0.39 is 23.8 Å². The lowest BCUT2D eigenvalue weighted by Gasteiger charge is -2.37. The fourth-order valence-electron chi connectivity index (χ4n) is 8.91. The van der Waals surface area contributed by atoms with E-state index in [2.05, 4.69) is 36.5 Å². The molecule has 53 heavy (non-hydrogen) atoms. The maximum absolute atomic E-state index is 11.9. The summed E-state index contributed by atoms with van der Waals surface area (Å²) in [4.78, 5) is 11.9. The van der Waals surface area contributed by atoms with Crippen LogP contribution in [-0.2, 0) is 24.1 Å². The normalized spacial score (nSPS) is 23.0. The van der Waals surface area contributed by atoms with E-state index >= 15 is 0 Å². The predicted octanol–water partition coefficient (Wildman–Crippen LogP) is 7.58. The van der Waals surface area contributed by atoms with Gasteiger partial charge in [-0.3, -0.25) is 4.79 Å². The van der Waals surface area contributed by atoms with Crippen LogP contribution in [0.1, 0.15) is 127 Å². The monoisotopic (exact) mass is 733 g/mol. The highest BCUT2D eigenvalue weighted by atomic mass is 16.4. The highest BCUT2D eigenvalue weighted by molar-refractivity contribution is 5.67. The number of allylic oxidation sites excluding steroid dienone is 2. The van der Waals surface area contributed by atoms with Gasteiger partial charge in [-0.1, -0.05) is 94.0 Å². The van der Waals surface area contributed by atoms with Crippen LogP contribution in [0.2, 0.25) is 0 Å². The lowest BCUT2D eigenvalue weighted by Crippen LogP contribution is -2.48. The number of carbonyl (C=O) groups is 1. The molecule has 1 saturated carbocycles. The van der Waals surface area contributed by atoms with Gasteiger partial charge in [-0.15, -0.1) is 0 Å². The number of carboxylic acids is 1. The van der Waals surface area contributed by atoms with Crippen molar-refractivity contribution in [3.63, 3.8) is 0 Å². The molecule has 5 atom stereocenters. The van der Waals surface area contributed by atoms with Gasteiger partial charge in [0.1, 0.15) is 5.75 Å². The Bertz CT molecular complexity index is 1460. The van der Waals surface area contributed by atoms with E-state index in [4.69, 9.17) is 0 Å². The van der Waals surface area contributed by atoms with E-state index in [1.54, 1.807) is 12.1 Å². The van der Waals surface area contributed by atoms with Gasteiger partial charge in [-0.25, -0.2) is 0 Å². The number of hydrogen-bond donors (Lipinski definition) is 7. The Morgan fingerprint density at radius 1 is 1.00 bits per heavy atom. The van der Waals surface area contributed by atoms with Crippen molar-refractivity contribution in [1.29, 1.82) is 0 Å². The number of aliphatic hydroxyl groups excluding tert-OH is 3. The van der Waals surface area contributed by atoms with Crippen LogP contribution in [0.15, 0.2) is 71.8 Å². The number of nitrogens with one attached hydrogen (secondary N) is 1. The van der Waals surface area contributed by atoms with Gasteiger partial charge in [-0.2, -0.15) is 0 Å². The molecule has 2 aliphatic rings. The molecule has 0 amide bonds. The van der Waals surface area contributed by atoms with E-state index in [0.717, 1.165) is 100 Å². The third kappa shape index (κ3) is 14.0. The lowest BCUT2D eigenvalue weighted by molar-refractivity contribution is -0.139. The van der Waals surface area contributed by atoms with Crippen molar-refractivity contribution in [1.82, 2.24) is 5.32 Å². The van der Waals surface area contributed by atoms with Gasteiger partial charge in [0, 0.05) is 19.0 Å². The summed E-state index contributed by atoms with van der Waals surface area (Å²) >= 11 is 0. The molecule has 2 aromatic carbocycles. The number of aryl methyl sites for hydroxylation is 2. The highest BCUT2D eigenvalue weighted by Gasteiger charge is 2.37. The van der Waals surface area contributed by atoms with Crippen molar-refractivity contribution >= 4 is 5.97 Å². The molecule has 8 heteroatoms. The number of phenols is 1. The number of aliphatic hydroxyl groups is 4. The summed E-state index contributed by atoms with van der Waals surface area (Å²) < 4.78 is 0. The number of hydrogen-bond acceptors (Lipinski definition) is 7. The number of rotatable bonds is 20. The summed E-state index contributed by atoms with van der Waals surface area (Å²) in [5.41, 5.74) is 4.23. The van der Waals surface area contributed by atoms with E-state index in [9.17, 15) is 35.4 Å². The van der Waals surface area contributed by atoms with Crippen molar-refractivity contribution in [2.45, 2.75) is 153 Å². The zero-order valence-electron chi connectivity index (χ0n) is 32.3. The van der Waals surface area contributed by atoms with Gasteiger partial charge in [0.2, 0.25) is 0 Å². The molecule has 8 nitrogen and oxygen atoms in total. The Hall–Kier alpha value is -3.01. The lowest BCUT2D eigenvalue weighted by atomic mass is 9.74. The van der Waals surface area contributed by atoms with Gasteiger partial charge >= 0.3 is 5.97 Å². The number of benzene rings is 2. The Morgan fingerprint density at radius 2 is 1.70 bits per heavy atom. The fourth-order valence-corrected chi connectivity index (χ4v) is 8.91. The summed E-state index contributed by atoms with van der Waals surface area (Å²) in [5, 5.41) is 67.4. The smallest absolute Gasteiger partial charge is 0.303 e. The van der Waals surface area contributed by atoms with Crippen LogP contribution in [0.3, 0.4) is 0 Å². The molecule has 0 aromatic heterocycles. The van der Waals surface area contributed by atoms with Crippen LogP contribution >= 0.6 is 0 Å². The topological polar surface area (TPSA) is 150 Å². The number of unbranched alkanes of at least 4 members (excludes halogenated alkanes) is 2. The van der Waals surface area contributed by atoms with Crippen LogP contribution in [-0.4, -0.2) is 73.6 Å². The SMILES string of the molecule is CCCCC[C@H](O)/C=C/C1=C(\C[C@H](O)CO)[C@H](NC[C@@](C)(O)Cc2ccc(O)cc2)[C@@H](CCCC2(CC(=O)O)CCCC2)CCc2ccccc2CC1. The number of aromatic hydroxyl groups is 1. The molecule has 7 N–H and O–H groups in total. The molecule has 4 rings (SSSR count). The molecule has 0 saturated heterocycles. The van der Waals surface area contributed by atoms with Crippen LogP contribution in [0, 0.1) is 11.3 Å². The summed E-state index contributed by atoms with van der Waals surface area (Å²) in [6.07, 6.45) is 16.8. The minimum atomic E-state index is -1.13. The molecule has 2 aromatic rings. The molecule has 0 radical (unpaired) electrons. The Balaban J connectivity index is 1.75. The molecule has 0 aliphatic heterocycles. The van der Waals surface area contributed by atoms with Gasteiger partial charge in [0.15, 0.2) is 0 Å². The second-order valence-electron chi connectivity index (χ2n) is 16.4. The first-order chi connectivity index (χ1) is 25.4. The molecule has 2 aliphatic carbocycles. The van der Waals surface area contributed by atoms with Crippen molar-refractivity contribution in [2.75, 3.05) is 13.2 Å². The minimum absolute atomic E-state index is 0.0904. The standard InChI is InChI=1S/C45H67NO7/c1-3-4-5-14-38(48)24-21-36-19-17-34-11-6-7-12-35(34)18-20-37(13-10-27-45(30-42(51)52)25-8-9-26-45)43(41(36)28-40(50)31-47)46-32-44(2,53)29-33-15-22-39(49)23-16-33/h6-7,11-12,15-16,21-24,37-38,40,43,46-50,53H,3-5,8-10,13-14,17-20,25-32H2,1-2H3,(H,51,52)/b24-21+,41-36+/t37-,38-,40-,43+,44-/m0/s1. The van der Waals surface area contributed by atoms with Crippen molar-refractivity contribution in [3.05, 3.63) is 88.5 Å². The second-order valence-corrected chi connectivity index (χ2v) is 16.4. The third-order valence-corrected chi connectivity index (χ3v) is 11.8. The maximum atomic E-state index is 11.9. The average molecular weight is 734 g/mol. The Morgan fingerprint density at radius 3 is 2.36 bits per heavy atom. The van der Waals surface area contributed by atoms with Crippen LogP contribution < -0.4 is 5.32 Å². The van der Waals surface area contributed by atoms with Gasteiger partial charge < -0.3 is 36.0 Å². The van der Waals surface area contributed by atoms with Crippen molar-refractivity contribution in [3.8, 4) is 5.75 Å². The van der Waals surface area contributed by atoms with Crippen LogP contribution in [0.25, 0.3) is 0 Å². The van der Waals surface area contributed by atoms with E-state index in [0.29, 0.717) is 19.3 Å². The first kappa shape index (κ1) is 42.7. The molecular formula is C45H67NO7. The Kier molecular flexibility index (Phi) is 17.1. The zero-order chi connectivity index (χ0) is 38.3.